The summed E-state index contributed by atoms with van der Waals surface area (Å²) < 4.78 is 53.5. The fourth-order valence-corrected chi connectivity index (χ4v) is 6.95. The van der Waals surface area contributed by atoms with Crippen LogP contribution in [0.25, 0.3) is 10.2 Å². The lowest BCUT2D eigenvalue weighted by Gasteiger charge is -2.25. The van der Waals surface area contributed by atoms with Crippen molar-refractivity contribution in [1.29, 1.82) is 0 Å². The van der Waals surface area contributed by atoms with Crippen LogP contribution in [-0.4, -0.2) is 63.5 Å². The van der Waals surface area contributed by atoms with E-state index in [9.17, 15) is 21.6 Å². The Kier molecular flexibility index (Phi) is 6.56. The quantitative estimate of drug-likeness (QED) is 0.547. The summed E-state index contributed by atoms with van der Waals surface area (Å²) >= 11 is 1.16. The summed E-state index contributed by atoms with van der Waals surface area (Å²) in [7, 11) is -4.22. The zero-order chi connectivity index (χ0) is 23.8. The molecular formula is C21H24N4O5S3. The minimum atomic E-state index is -3.58. The maximum atomic E-state index is 12.8. The van der Waals surface area contributed by atoms with Crippen LogP contribution in [0.5, 0.6) is 0 Å². The Morgan fingerprint density at radius 1 is 0.970 bits per heavy atom. The first kappa shape index (κ1) is 23.8. The molecular weight excluding hydrogens is 484 g/mol. The van der Waals surface area contributed by atoms with E-state index in [0.717, 1.165) is 34.9 Å². The monoisotopic (exact) mass is 508 g/mol. The lowest BCUT2D eigenvalue weighted by molar-refractivity contribution is 0.102. The summed E-state index contributed by atoms with van der Waals surface area (Å²) in [5, 5.41) is 3.02. The van der Waals surface area contributed by atoms with Crippen LogP contribution >= 0.6 is 11.3 Å². The van der Waals surface area contributed by atoms with E-state index in [1.165, 1.54) is 54.8 Å². The number of nitrogens with zero attached hydrogens (tertiary/aromatic N) is 3. The summed E-state index contributed by atoms with van der Waals surface area (Å²) in [5.41, 5.74) is 0.860. The van der Waals surface area contributed by atoms with E-state index in [1.54, 1.807) is 6.07 Å². The van der Waals surface area contributed by atoms with E-state index in [1.807, 2.05) is 0 Å². The zero-order valence-electron chi connectivity index (χ0n) is 18.2. The molecule has 9 nitrogen and oxygen atoms in total. The van der Waals surface area contributed by atoms with Crippen LogP contribution in [0.4, 0.5) is 5.13 Å². The lowest BCUT2D eigenvalue weighted by atomic mass is 10.2. The summed E-state index contributed by atoms with van der Waals surface area (Å²) in [6.45, 7) is 1.03. The second kappa shape index (κ2) is 9.11. The normalized spacial score (nSPS) is 15.7. The first-order chi connectivity index (χ1) is 15.6. The fourth-order valence-electron chi connectivity index (χ4n) is 3.53. The van der Waals surface area contributed by atoms with Crippen molar-refractivity contribution in [1.82, 2.24) is 13.6 Å². The average Bonchev–Trinajstić information content (AvgIpc) is 3.21. The number of aromatic nitrogens is 1. The number of sulfonamides is 2. The van der Waals surface area contributed by atoms with Gasteiger partial charge in [0.05, 0.1) is 20.0 Å². The molecule has 1 saturated heterocycles. The molecule has 176 valence electrons. The Morgan fingerprint density at radius 3 is 2.24 bits per heavy atom. The maximum Gasteiger partial charge on any atom is 0.257 e. The smallest absolute Gasteiger partial charge is 0.257 e. The van der Waals surface area contributed by atoms with Crippen molar-refractivity contribution in [2.75, 3.05) is 32.5 Å². The number of hydrogen-bond acceptors (Lipinski definition) is 7. The summed E-state index contributed by atoms with van der Waals surface area (Å²) in [6.07, 6.45) is 2.73. The number of benzene rings is 2. The molecule has 1 aliphatic heterocycles. The van der Waals surface area contributed by atoms with Crippen LogP contribution in [0.15, 0.2) is 52.3 Å². The van der Waals surface area contributed by atoms with Gasteiger partial charge in [-0.2, -0.15) is 4.31 Å². The highest BCUT2D eigenvalue weighted by molar-refractivity contribution is 7.89. The van der Waals surface area contributed by atoms with E-state index >= 15 is 0 Å². The van der Waals surface area contributed by atoms with Gasteiger partial charge < -0.3 is 0 Å². The number of amides is 1. The Bertz CT molecular complexity index is 1390. The maximum absolute atomic E-state index is 12.8. The largest absolute Gasteiger partial charge is 0.298 e. The van der Waals surface area contributed by atoms with Gasteiger partial charge >= 0.3 is 0 Å². The summed E-state index contributed by atoms with van der Waals surface area (Å²) in [4.78, 5) is 17.3. The van der Waals surface area contributed by atoms with Crippen molar-refractivity contribution in [2.24, 2.45) is 0 Å². The zero-order valence-corrected chi connectivity index (χ0v) is 20.6. The van der Waals surface area contributed by atoms with Gasteiger partial charge in [-0.25, -0.2) is 26.1 Å². The molecule has 12 heteroatoms. The minimum absolute atomic E-state index is 0.145. The molecule has 0 spiro atoms. The molecule has 33 heavy (non-hydrogen) atoms. The first-order valence-electron chi connectivity index (χ1n) is 10.3. The molecule has 2 heterocycles. The van der Waals surface area contributed by atoms with E-state index in [2.05, 4.69) is 10.3 Å². The number of nitrogens with one attached hydrogen (secondary N) is 1. The third-order valence-corrected chi connectivity index (χ3v) is 10.1. The van der Waals surface area contributed by atoms with Crippen molar-refractivity contribution in [3.05, 3.63) is 48.0 Å². The number of fused-ring (bicyclic) bond motifs is 1. The van der Waals surface area contributed by atoms with E-state index in [-0.39, 0.29) is 9.79 Å². The fraction of sp³-hybridized carbons (Fsp3) is 0.333. The van der Waals surface area contributed by atoms with Gasteiger partial charge in [0.15, 0.2) is 5.13 Å². The van der Waals surface area contributed by atoms with Crippen LogP contribution < -0.4 is 5.32 Å². The van der Waals surface area contributed by atoms with Gasteiger partial charge in [-0.15, -0.1) is 0 Å². The highest BCUT2D eigenvalue weighted by atomic mass is 32.2. The van der Waals surface area contributed by atoms with E-state index in [0.29, 0.717) is 34.0 Å². The highest BCUT2D eigenvalue weighted by Crippen LogP contribution is 2.29. The Labute approximate surface area is 197 Å². The molecule has 0 atom stereocenters. The van der Waals surface area contributed by atoms with Crippen LogP contribution in [0.2, 0.25) is 0 Å². The number of rotatable bonds is 6. The van der Waals surface area contributed by atoms with Gasteiger partial charge in [0.2, 0.25) is 20.0 Å². The molecule has 0 aliphatic carbocycles. The highest BCUT2D eigenvalue weighted by Gasteiger charge is 2.26. The van der Waals surface area contributed by atoms with Crippen LogP contribution in [0, 0.1) is 0 Å². The lowest BCUT2D eigenvalue weighted by Crippen LogP contribution is -2.35. The summed E-state index contributed by atoms with van der Waals surface area (Å²) in [6, 6.07) is 10.4. The molecule has 1 fully saturated rings. The number of carbonyl (C=O) groups is 1. The number of hydrogen-bond donors (Lipinski definition) is 1. The van der Waals surface area contributed by atoms with Crippen molar-refractivity contribution in [3.8, 4) is 0 Å². The number of carbonyl (C=O) groups excluding carboxylic acids is 1. The number of anilines is 1. The molecule has 1 aromatic heterocycles. The van der Waals surface area contributed by atoms with Gasteiger partial charge in [-0.05, 0) is 55.3 Å². The molecule has 1 amide bonds. The van der Waals surface area contributed by atoms with Crippen molar-refractivity contribution in [2.45, 2.75) is 29.1 Å². The van der Waals surface area contributed by atoms with E-state index in [4.69, 9.17) is 0 Å². The third-order valence-electron chi connectivity index (χ3n) is 5.43. The van der Waals surface area contributed by atoms with Crippen LogP contribution in [-0.2, 0) is 20.0 Å². The third kappa shape index (κ3) is 4.80. The standard InChI is InChI=1S/C21H24N4O5S3/c1-24(2)32(27,28)17-10-11-18-19(14-17)31-21(22-18)23-20(26)15-6-8-16(9-7-15)33(29,30)25-12-4-3-5-13-25/h6-11,14H,3-5,12-13H2,1-2H3,(H,22,23,26). The molecule has 1 aliphatic rings. The van der Waals surface area contributed by atoms with Gasteiger partial charge in [0.1, 0.15) is 0 Å². The van der Waals surface area contributed by atoms with E-state index < -0.39 is 26.0 Å². The SMILES string of the molecule is CN(C)S(=O)(=O)c1ccc2nc(NC(=O)c3ccc(S(=O)(=O)N4CCCCC4)cc3)sc2c1. The molecule has 0 saturated carbocycles. The molecule has 1 N–H and O–H groups in total. The predicted octanol–water partition coefficient (Wildman–Crippen LogP) is 2.97. The molecule has 0 unspecified atom stereocenters. The number of piperidine rings is 1. The van der Waals surface area contributed by atoms with Crippen LogP contribution in [0.1, 0.15) is 29.6 Å². The predicted molar refractivity (Wildman–Crippen MR) is 127 cm³/mol. The van der Waals surface area contributed by atoms with Crippen LogP contribution in [0.3, 0.4) is 0 Å². The van der Waals surface area contributed by atoms with Gasteiger partial charge in [-0.3, -0.25) is 10.1 Å². The van der Waals surface area contributed by atoms with Gasteiger partial charge in [-0.1, -0.05) is 17.8 Å². The number of thiazole rings is 1. The minimum Gasteiger partial charge on any atom is -0.298 e. The Morgan fingerprint density at radius 2 is 1.61 bits per heavy atom. The molecule has 2 aromatic carbocycles. The van der Waals surface area contributed by atoms with Gasteiger partial charge in [0.25, 0.3) is 5.91 Å². The molecule has 3 aromatic rings. The molecule has 0 radical (unpaired) electrons. The second-order valence-electron chi connectivity index (χ2n) is 7.88. The topological polar surface area (TPSA) is 117 Å². The Balaban J connectivity index is 1.51. The molecule has 4 rings (SSSR count). The van der Waals surface area contributed by atoms with Gasteiger partial charge in [0, 0.05) is 32.7 Å². The first-order valence-corrected chi connectivity index (χ1v) is 14.0. The van der Waals surface area contributed by atoms with Crippen molar-refractivity contribution >= 4 is 52.6 Å². The van der Waals surface area contributed by atoms with Crippen molar-refractivity contribution in [3.63, 3.8) is 0 Å². The summed E-state index contributed by atoms with van der Waals surface area (Å²) in [5.74, 6) is -0.433. The Hall–Kier alpha value is -2.38. The average molecular weight is 509 g/mol. The van der Waals surface area contributed by atoms with Crippen molar-refractivity contribution < 1.29 is 21.6 Å². The molecule has 0 bridgehead atoms. The second-order valence-corrected chi connectivity index (χ2v) is 13.0.